The fourth-order valence-electron chi connectivity index (χ4n) is 3.59. The van der Waals surface area contributed by atoms with E-state index >= 15 is 0 Å². The van der Waals surface area contributed by atoms with E-state index in [-0.39, 0.29) is 5.82 Å². The van der Waals surface area contributed by atoms with Crippen LogP contribution >= 0.6 is 0 Å². The maximum Gasteiger partial charge on any atom is 0.123 e. The van der Waals surface area contributed by atoms with Gasteiger partial charge in [0.1, 0.15) is 5.82 Å². The zero-order valence-electron chi connectivity index (χ0n) is 14.1. The first-order valence-electron chi connectivity index (χ1n) is 8.76. The summed E-state index contributed by atoms with van der Waals surface area (Å²) in [6, 6.07) is 19.5. The van der Waals surface area contributed by atoms with Crippen LogP contribution in [-0.4, -0.2) is 11.5 Å². The van der Waals surface area contributed by atoms with E-state index in [9.17, 15) is 4.39 Å². The minimum atomic E-state index is -0.214. The number of aromatic amines is 1. The second-order valence-electron chi connectivity index (χ2n) is 6.44. The Morgan fingerprint density at radius 3 is 2.60 bits per heavy atom. The van der Waals surface area contributed by atoms with Crippen molar-refractivity contribution in [3.8, 4) is 11.3 Å². The van der Waals surface area contributed by atoms with Gasteiger partial charge in [-0.25, -0.2) is 4.39 Å². The molecule has 3 N–H and O–H groups in total. The molecule has 126 valence electrons. The van der Waals surface area contributed by atoms with Crippen molar-refractivity contribution in [3.63, 3.8) is 0 Å². The number of nitrogens with one attached hydrogen (secondary N) is 1. The van der Waals surface area contributed by atoms with E-state index in [1.807, 2.05) is 12.1 Å². The minimum absolute atomic E-state index is 0.214. The molecule has 0 unspecified atom stereocenters. The van der Waals surface area contributed by atoms with Crippen LogP contribution in [0.2, 0.25) is 0 Å². The van der Waals surface area contributed by atoms with Crippen LogP contribution < -0.4 is 5.73 Å². The third-order valence-corrected chi connectivity index (χ3v) is 4.80. The quantitative estimate of drug-likeness (QED) is 0.472. The number of nitrogens with two attached hydrogens (primary N) is 1. The van der Waals surface area contributed by atoms with Crippen molar-refractivity contribution in [2.45, 2.75) is 19.3 Å². The van der Waals surface area contributed by atoms with Crippen LogP contribution in [0.15, 0.2) is 60.7 Å². The molecule has 0 aliphatic rings. The molecule has 4 aromatic rings. The summed E-state index contributed by atoms with van der Waals surface area (Å²) in [5.41, 5.74) is 9.95. The van der Waals surface area contributed by atoms with E-state index in [0.29, 0.717) is 6.54 Å². The lowest BCUT2D eigenvalue weighted by atomic mass is 9.99. The van der Waals surface area contributed by atoms with Crippen molar-refractivity contribution in [1.29, 1.82) is 0 Å². The summed E-state index contributed by atoms with van der Waals surface area (Å²) in [5, 5.41) is 3.62. The van der Waals surface area contributed by atoms with Gasteiger partial charge in [-0.15, -0.1) is 0 Å². The minimum Gasteiger partial charge on any atom is -0.354 e. The first-order valence-corrected chi connectivity index (χ1v) is 8.76. The number of hydrogen-bond acceptors (Lipinski definition) is 1. The molecule has 0 fully saturated rings. The monoisotopic (exact) mass is 332 g/mol. The Labute approximate surface area is 146 Å². The van der Waals surface area contributed by atoms with Gasteiger partial charge in [-0.2, -0.15) is 0 Å². The molecule has 1 aromatic heterocycles. The lowest BCUT2D eigenvalue weighted by Gasteiger charge is -2.05. The van der Waals surface area contributed by atoms with E-state index in [0.717, 1.165) is 36.0 Å². The second kappa shape index (κ2) is 6.69. The highest BCUT2D eigenvalue weighted by Crippen LogP contribution is 2.35. The highest BCUT2D eigenvalue weighted by molar-refractivity contribution is 6.08. The Balaban J connectivity index is 1.95. The van der Waals surface area contributed by atoms with Gasteiger partial charge < -0.3 is 10.7 Å². The molecule has 0 amide bonds. The number of aryl methyl sites for hydroxylation is 1. The van der Waals surface area contributed by atoms with Gasteiger partial charge in [0, 0.05) is 22.0 Å². The topological polar surface area (TPSA) is 41.8 Å². The fraction of sp³-hybridized carbons (Fsp3) is 0.182. The molecule has 0 saturated heterocycles. The predicted molar refractivity (Wildman–Crippen MR) is 103 cm³/mol. The molecule has 2 nitrogen and oxygen atoms in total. The molecule has 1 heterocycles. The lowest BCUT2D eigenvalue weighted by Crippen LogP contribution is -1.99. The molecule has 3 heteroatoms. The van der Waals surface area contributed by atoms with Crippen LogP contribution in [0.25, 0.3) is 32.9 Å². The molecule has 0 spiro atoms. The average molecular weight is 332 g/mol. The van der Waals surface area contributed by atoms with Crippen molar-refractivity contribution in [2.75, 3.05) is 6.54 Å². The fourth-order valence-corrected chi connectivity index (χ4v) is 3.59. The van der Waals surface area contributed by atoms with Crippen molar-refractivity contribution >= 4 is 21.7 Å². The van der Waals surface area contributed by atoms with E-state index in [1.165, 1.54) is 27.8 Å². The highest BCUT2D eigenvalue weighted by atomic mass is 19.1. The van der Waals surface area contributed by atoms with Crippen molar-refractivity contribution in [1.82, 2.24) is 4.98 Å². The Kier molecular flexibility index (Phi) is 4.24. The summed E-state index contributed by atoms with van der Waals surface area (Å²) < 4.78 is 13.8. The number of hydrogen-bond donors (Lipinski definition) is 2. The smallest absolute Gasteiger partial charge is 0.123 e. The Morgan fingerprint density at radius 1 is 0.880 bits per heavy atom. The van der Waals surface area contributed by atoms with Crippen LogP contribution in [-0.2, 0) is 6.42 Å². The van der Waals surface area contributed by atoms with Gasteiger partial charge in [0.15, 0.2) is 0 Å². The number of fused-ring (bicyclic) bond motifs is 3. The molecule has 0 saturated carbocycles. The van der Waals surface area contributed by atoms with Crippen molar-refractivity contribution in [2.24, 2.45) is 5.73 Å². The van der Waals surface area contributed by atoms with E-state index < -0.39 is 0 Å². The van der Waals surface area contributed by atoms with Crippen molar-refractivity contribution < 1.29 is 4.39 Å². The number of halogens is 1. The molecule has 3 aromatic carbocycles. The SMILES string of the molecule is NCCCCc1c(-c2cccc(F)c2)[nH]c2c1ccc1ccccc12. The van der Waals surface area contributed by atoms with Gasteiger partial charge in [0.2, 0.25) is 0 Å². The summed E-state index contributed by atoms with van der Waals surface area (Å²) in [6.07, 6.45) is 2.95. The maximum atomic E-state index is 13.8. The largest absolute Gasteiger partial charge is 0.354 e. The molecule has 0 aliphatic carbocycles. The van der Waals surface area contributed by atoms with Crippen LogP contribution in [0.1, 0.15) is 18.4 Å². The number of aromatic nitrogens is 1. The average Bonchev–Trinajstić information content (AvgIpc) is 3.01. The van der Waals surface area contributed by atoms with Crippen molar-refractivity contribution in [3.05, 3.63) is 72.0 Å². The molecular weight excluding hydrogens is 311 g/mol. The molecule has 0 aliphatic heterocycles. The lowest BCUT2D eigenvalue weighted by molar-refractivity contribution is 0.628. The zero-order valence-corrected chi connectivity index (χ0v) is 14.1. The number of H-pyrrole nitrogens is 1. The van der Waals surface area contributed by atoms with Crippen LogP contribution in [0.4, 0.5) is 4.39 Å². The Hall–Kier alpha value is -2.65. The summed E-state index contributed by atoms with van der Waals surface area (Å²) in [7, 11) is 0. The molecule has 0 bridgehead atoms. The van der Waals surface area contributed by atoms with Gasteiger partial charge in [0.05, 0.1) is 5.52 Å². The first-order chi connectivity index (χ1) is 12.3. The van der Waals surface area contributed by atoms with Crippen LogP contribution in [0.3, 0.4) is 0 Å². The number of benzene rings is 3. The summed E-state index contributed by atoms with van der Waals surface area (Å²) in [5.74, 6) is -0.214. The highest BCUT2D eigenvalue weighted by Gasteiger charge is 2.15. The van der Waals surface area contributed by atoms with Crippen LogP contribution in [0, 0.1) is 5.82 Å². The third-order valence-electron chi connectivity index (χ3n) is 4.80. The summed E-state index contributed by atoms with van der Waals surface area (Å²) >= 11 is 0. The first kappa shape index (κ1) is 15.9. The van der Waals surface area contributed by atoms with Gasteiger partial charge >= 0.3 is 0 Å². The van der Waals surface area contributed by atoms with Gasteiger partial charge in [-0.05, 0) is 48.9 Å². The van der Waals surface area contributed by atoms with Crippen LogP contribution in [0.5, 0.6) is 0 Å². The Bertz CT molecular complexity index is 1030. The zero-order chi connectivity index (χ0) is 17.2. The molecule has 25 heavy (non-hydrogen) atoms. The predicted octanol–water partition coefficient (Wildman–Crippen LogP) is 5.41. The number of rotatable bonds is 5. The third kappa shape index (κ3) is 2.92. The van der Waals surface area contributed by atoms with E-state index in [2.05, 4.69) is 35.3 Å². The summed E-state index contributed by atoms with van der Waals surface area (Å²) in [4.78, 5) is 3.58. The van der Waals surface area contributed by atoms with E-state index in [1.54, 1.807) is 12.1 Å². The number of unbranched alkanes of at least 4 members (excludes halogenated alkanes) is 1. The Morgan fingerprint density at radius 2 is 1.76 bits per heavy atom. The van der Waals surface area contributed by atoms with Gasteiger partial charge in [-0.1, -0.05) is 48.5 Å². The van der Waals surface area contributed by atoms with Gasteiger partial charge in [0.25, 0.3) is 0 Å². The molecule has 4 rings (SSSR count). The molecular formula is C22H21FN2. The van der Waals surface area contributed by atoms with Gasteiger partial charge in [-0.3, -0.25) is 0 Å². The maximum absolute atomic E-state index is 13.8. The normalized spacial score (nSPS) is 11.4. The second-order valence-corrected chi connectivity index (χ2v) is 6.44. The van der Waals surface area contributed by atoms with E-state index in [4.69, 9.17) is 5.73 Å². The standard InChI is InChI=1S/C22H21FN2/c23-17-8-5-7-16(14-17)21-19(10-3-4-13-24)20-12-11-15-6-1-2-9-18(15)22(20)25-21/h1-2,5-9,11-12,14,25H,3-4,10,13,24H2. The molecule has 0 atom stereocenters. The molecule has 0 radical (unpaired) electrons. The summed E-state index contributed by atoms with van der Waals surface area (Å²) in [6.45, 7) is 0.695.